The largest absolute Gasteiger partial charge is 0.297 e. The maximum Gasteiger partial charge on any atom is 0.254 e. The zero-order valence-corrected chi connectivity index (χ0v) is 11.2. The fourth-order valence-corrected chi connectivity index (χ4v) is 1.63. The Bertz CT molecular complexity index is 397. The molecule has 2 amide bonds. The van der Waals surface area contributed by atoms with Crippen LogP contribution >= 0.6 is 0 Å². The lowest BCUT2D eigenvalue weighted by Crippen LogP contribution is -2.37. The molecule has 0 spiro atoms. The number of nitrogens with zero attached hydrogens (tertiary/aromatic N) is 2. The molecule has 1 saturated heterocycles. The van der Waals surface area contributed by atoms with Crippen molar-refractivity contribution in [3.05, 3.63) is 0 Å². The Hall–Kier alpha value is -1.71. The number of hydrogen-bond donors (Lipinski definition) is 0. The summed E-state index contributed by atoms with van der Waals surface area (Å²) >= 11 is 0. The number of ketones is 1. The highest BCUT2D eigenvalue weighted by atomic mass is 16.7. The van der Waals surface area contributed by atoms with Crippen LogP contribution in [0.4, 0.5) is 0 Å². The molecule has 0 aliphatic carbocycles. The quantitative estimate of drug-likeness (QED) is 0.478. The van der Waals surface area contributed by atoms with E-state index in [9.17, 15) is 14.4 Å². The van der Waals surface area contributed by atoms with Crippen molar-refractivity contribution in [2.75, 3.05) is 20.1 Å². The lowest BCUT2D eigenvalue weighted by Gasteiger charge is -2.19. The van der Waals surface area contributed by atoms with Crippen molar-refractivity contribution in [1.29, 1.82) is 0 Å². The number of hydrogen-bond acceptors (Lipinski definition) is 5. The Morgan fingerprint density at radius 2 is 2.05 bits per heavy atom. The first-order chi connectivity index (χ1) is 8.95. The van der Waals surface area contributed by atoms with Gasteiger partial charge in [0.15, 0.2) is 5.78 Å². The summed E-state index contributed by atoms with van der Waals surface area (Å²) in [6, 6.07) is 0. The molecule has 1 unspecified atom stereocenters. The first-order valence-corrected chi connectivity index (χ1v) is 6.13. The van der Waals surface area contributed by atoms with Gasteiger partial charge in [-0.3, -0.25) is 24.1 Å². The van der Waals surface area contributed by atoms with Crippen LogP contribution in [0.1, 0.15) is 26.2 Å². The van der Waals surface area contributed by atoms with E-state index >= 15 is 0 Å². The molecule has 1 aliphatic heterocycles. The van der Waals surface area contributed by atoms with Gasteiger partial charge < -0.3 is 0 Å². The van der Waals surface area contributed by atoms with E-state index in [0.717, 1.165) is 0 Å². The third kappa shape index (κ3) is 4.47. The summed E-state index contributed by atoms with van der Waals surface area (Å²) in [5.41, 5.74) is 0. The monoisotopic (exact) mass is 266 g/mol. The van der Waals surface area contributed by atoms with Gasteiger partial charge in [0.25, 0.3) is 11.8 Å². The van der Waals surface area contributed by atoms with Gasteiger partial charge in [-0.25, -0.2) is 0 Å². The maximum absolute atomic E-state index is 11.8. The molecule has 19 heavy (non-hydrogen) atoms. The van der Waals surface area contributed by atoms with Crippen LogP contribution < -0.4 is 0 Å². The molecular weight excluding hydrogens is 248 g/mol. The summed E-state index contributed by atoms with van der Waals surface area (Å²) < 4.78 is 0. The van der Waals surface area contributed by atoms with Gasteiger partial charge in [0.05, 0.1) is 6.54 Å². The zero-order valence-electron chi connectivity index (χ0n) is 11.2. The van der Waals surface area contributed by atoms with E-state index in [4.69, 9.17) is 11.3 Å². The summed E-state index contributed by atoms with van der Waals surface area (Å²) in [5, 5.41) is 0.702. The summed E-state index contributed by atoms with van der Waals surface area (Å²) in [7, 11) is 1.81. The molecular formula is C13H18N2O4. The Balaban J connectivity index is 2.39. The Labute approximate surface area is 112 Å². The van der Waals surface area contributed by atoms with Crippen molar-refractivity contribution >= 4 is 17.6 Å². The molecule has 0 aromatic carbocycles. The molecule has 1 rings (SSSR count). The highest BCUT2D eigenvalue weighted by Gasteiger charge is 2.32. The Morgan fingerprint density at radius 3 is 2.58 bits per heavy atom. The van der Waals surface area contributed by atoms with E-state index in [1.807, 2.05) is 11.9 Å². The van der Waals surface area contributed by atoms with Crippen molar-refractivity contribution in [2.45, 2.75) is 32.3 Å². The number of imide groups is 1. The molecule has 104 valence electrons. The summed E-state index contributed by atoms with van der Waals surface area (Å²) in [5.74, 6) is 1.52. The van der Waals surface area contributed by atoms with Gasteiger partial charge in [0.1, 0.15) is 6.10 Å². The molecule has 0 bridgehead atoms. The maximum atomic E-state index is 11.8. The minimum Gasteiger partial charge on any atom is -0.297 e. The van der Waals surface area contributed by atoms with Crippen molar-refractivity contribution < 1.29 is 19.2 Å². The van der Waals surface area contributed by atoms with Gasteiger partial charge in [0, 0.05) is 25.8 Å². The lowest BCUT2D eigenvalue weighted by atomic mass is 10.2. The van der Waals surface area contributed by atoms with Crippen LogP contribution in [0.15, 0.2) is 0 Å². The minimum atomic E-state index is -0.815. The number of hydroxylamine groups is 2. The van der Waals surface area contributed by atoms with E-state index in [2.05, 4.69) is 5.92 Å². The first-order valence-electron chi connectivity index (χ1n) is 6.13. The Kier molecular flexibility index (Phi) is 5.67. The van der Waals surface area contributed by atoms with Crippen molar-refractivity contribution in [3.63, 3.8) is 0 Å². The minimum absolute atomic E-state index is 0.144. The number of Topliss-reactive ketones (excluding diaryl/α,β-unsaturated/α-hetero) is 1. The Morgan fingerprint density at radius 1 is 1.47 bits per heavy atom. The van der Waals surface area contributed by atoms with Crippen LogP contribution in [-0.2, 0) is 19.2 Å². The third-order valence-electron chi connectivity index (χ3n) is 2.82. The van der Waals surface area contributed by atoms with Crippen LogP contribution in [0.2, 0.25) is 0 Å². The highest BCUT2D eigenvalue weighted by Crippen LogP contribution is 2.14. The van der Waals surface area contributed by atoms with Crippen molar-refractivity contribution in [2.24, 2.45) is 0 Å². The lowest BCUT2D eigenvalue weighted by molar-refractivity contribution is -0.200. The number of rotatable bonds is 7. The topological polar surface area (TPSA) is 66.9 Å². The molecule has 0 radical (unpaired) electrons. The molecule has 6 nitrogen and oxygen atoms in total. The number of carbonyl (C=O) groups is 3. The molecule has 1 atom stereocenters. The van der Waals surface area contributed by atoms with Crippen LogP contribution in [0.3, 0.4) is 0 Å². The molecule has 6 heteroatoms. The average Bonchev–Trinajstić information content (AvgIpc) is 2.68. The fraction of sp³-hybridized carbons (Fsp3) is 0.615. The molecule has 0 aromatic rings. The highest BCUT2D eigenvalue weighted by molar-refractivity contribution is 6.00. The number of amides is 2. The number of terminal acetylenes is 1. The smallest absolute Gasteiger partial charge is 0.254 e. The first kappa shape index (κ1) is 15.3. The van der Waals surface area contributed by atoms with E-state index in [-0.39, 0.29) is 25.0 Å². The van der Waals surface area contributed by atoms with Gasteiger partial charge in [-0.15, -0.1) is 6.42 Å². The predicted octanol–water partition coefficient (Wildman–Crippen LogP) is -0.0203. The van der Waals surface area contributed by atoms with Gasteiger partial charge in [0.2, 0.25) is 0 Å². The van der Waals surface area contributed by atoms with Crippen LogP contribution in [-0.4, -0.2) is 53.8 Å². The van der Waals surface area contributed by atoms with Crippen molar-refractivity contribution in [3.8, 4) is 12.3 Å². The molecule has 1 aliphatic rings. The van der Waals surface area contributed by atoms with Gasteiger partial charge in [-0.1, -0.05) is 5.92 Å². The second-order valence-corrected chi connectivity index (χ2v) is 4.49. The molecule has 0 N–H and O–H groups in total. The van der Waals surface area contributed by atoms with E-state index < -0.39 is 17.9 Å². The predicted molar refractivity (Wildman–Crippen MR) is 67.6 cm³/mol. The van der Waals surface area contributed by atoms with Crippen molar-refractivity contribution in [1.82, 2.24) is 9.96 Å². The molecule has 0 saturated carbocycles. The van der Waals surface area contributed by atoms with Gasteiger partial charge in [-0.05, 0) is 14.0 Å². The summed E-state index contributed by atoms with van der Waals surface area (Å²) in [6.45, 7) is 2.51. The SMILES string of the molecule is C#CCN(C)CCC(=O)C(C)ON1C(=O)CCC1=O. The normalized spacial score (nSPS) is 16.8. The fourth-order valence-electron chi connectivity index (χ4n) is 1.63. The average molecular weight is 266 g/mol. The molecule has 1 fully saturated rings. The van der Waals surface area contributed by atoms with Gasteiger partial charge in [-0.2, -0.15) is 5.06 Å². The second kappa shape index (κ2) is 7.02. The number of carbonyl (C=O) groups excluding carboxylic acids is 3. The zero-order chi connectivity index (χ0) is 14.4. The van der Waals surface area contributed by atoms with E-state index in [0.29, 0.717) is 18.2 Å². The molecule has 1 heterocycles. The van der Waals surface area contributed by atoms with Gasteiger partial charge >= 0.3 is 0 Å². The summed E-state index contributed by atoms with van der Waals surface area (Å²) in [6.07, 6.45) is 4.88. The van der Waals surface area contributed by atoms with Crippen LogP contribution in [0, 0.1) is 12.3 Å². The summed E-state index contributed by atoms with van der Waals surface area (Å²) in [4.78, 5) is 41.4. The second-order valence-electron chi connectivity index (χ2n) is 4.49. The van der Waals surface area contributed by atoms with E-state index in [1.165, 1.54) is 6.92 Å². The van der Waals surface area contributed by atoms with Crippen LogP contribution in [0.5, 0.6) is 0 Å². The standard InChI is InChI=1S/C13H18N2O4/c1-4-8-14(3)9-7-11(16)10(2)19-15-12(17)5-6-13(15)18/h1,10H,5-9H2,2-3H3. The third-order valence-corrected chi connectivity index (χ3v) is 2.82. The van der Waals surface area contributed by atoms with E-state index in [1.54, 1.807) is 0 Å². The van der Waals surface area contributed by atoms with Crippen LogP contribution in [0.25, 0.3) is 0 Å². The molecule has 0 aromatic heterocycles.